The summed E-state index contributed by atoms with van der Waals surface area (Å²) in [6.45, 7) is 1.27. The molecule has 0 aliphatic rings. The zero-order valence-corrected chi connectivity index (χ0v) is 17.0. The van der Waals surface area contributed by atoms with Crippen LogP contribution in [0.15, 0.2) is 35.2 Å². The fourth-order valence-corrected chi connectivity index (χ4v) is 3.20. The van der Waals surface area contributed by atoms with E-state index in [1.165, 1.54) is 24.3 Å². The maximum atomic E-state index is 14.2. The first kappa shape index (κ1) is 23.4. The topological polar surface area (TPSA) is 87.5 Å². The monoisotopic (exact) mass is 440 g/mol. The average molecular weight is 441 g/mol. The third kappa shape index (κ3) is 5.66. The predicted octanol–water partition coefficient (Wildman–Crippen LogP) is 3.09. The summed E-state index contributed by atoms with van der Waals surface area (Å²) in [5.41, 5.74) is 1.15. The highest BCUT2D eigenvalue weighted by Gasteiger charge is 2.20. The zero-order valence-electron chi connectivity index (χ0n) is 14.6. The van der Waals surface area contributed by atoms with Gasteiger partial charge in [0.2, 0.25) is 10.0 Å². The van der Waals surface area contributed by atoms with E-state index in [9.17, 15) is 17.2 Å². The molecule has 0 bridgehead atoms. The van der Waals surface area contributed by atoms with E-state index in [1.807, 2.05) is 4.90 Å². The molecule has 27 heavy (non-hydrogen) atoms. The van der Waals surface area contributed by atoms with Crippen molar-refractivity contribution in [3.63, 3.8) is 0 Å². The molecule has 150 valence electrons. The molecular weight excluding hydrogens is 421 g/mol. The molecule has 2 aromatic carbocycles. The van der Waals surface area contributed by atoms with Crippen LogP contribution in [0.25, 0.3) is 0 Å². The normalized spacial score (nSPS) is 11.0. The van der Waals surface area contributed by atoms with E-state index in [2.05, 4.69) is 10.6 Å². The number of hydrogen-bond acceptors (Lipinski definition) is 5. The Morgan fingerprint density at radius 1 is 1.19 bits per heavy atom. The Labute approximate surface area is 168 Å². The molecule has 0 amide bonds. The van der Waals surface area contributed by atoms with Crippen molar-refractivity contribution in [1.29, 1.82) is 0 Å². The van der Waals surface area contributed by atoms with Gasteiger partial charge >= 0.3 is 0 Å². The Balaban J connectivity index is 0.00000364. The van der Waals surface area contributed by atoms with Crippen molar-refractivity contribution < 1.29 is 17.2 Å². The number of rotatable bonds is 7. The number of nitrogens with zero attached hydrogens (tertiary/aromatic N) is 1. The molecule has 0 heterocycles. The number of hydrogen-bond donors (Lipinski definition) is 3. The molecule has 0 spiro atoms. The van der Waals surface area contributed by atoms with E-state index >= 15 is 0 Å². The van der Waals surface area contributed by atoms with E-state index in [0.717, 1.165) is 6.07 Å². The molecule has 4 N–H and O–H groups in total. The first-order valence-electron chi connectivity index (χ1n) is 7.58. The van der Waals surface area contributed by atoms with Crippen LogP contribution in [0.5, 0.6) is 0 Å². The molecule has 0 aliphatic carbocycles. The molecule has 0 aliphatic heterocycles. The number of nitrogens with two attached hydrogens (primary N) is 1. The summed E-state index contributed by atoms with van der Waals surface area (Å²) in [4.78, 5) is 1.11. The van der Waals surface area contributed by atoms with Gasteiger partial charge in [0.15, 0.2) is 5.82 Å². The van der Waals surface area contributed by atoms with Gasteiger partial charge in [-0.1, -0.05) is 11.6 Å². The van der Waals surface area contributed by atoms with Crippen LogP contribution in [0.2, 0.25) is 5.02 Å². The first-order chi connectivity index (χ1) is 12.1. The summed E-state index contributed by atoms with van der Waals surface area (Å²) in [5.74, 6) is -1.57. The van der Waals surface area contributed by atoms with Crippen molar-refractivity contribution in [1.82, 2.24) is 5.32 Å². The van der Waals surface area contributed by atoms with Crippen LogP contribution in [0.4, 0.5) is 25.8 Å². The van der Waals surface area contributed by atoms with Gasteiger partial charge in [-0.3, -0.25) is 0 Å². The lowest BCUT2D eigenvalue weighted by Crippen LogP contribution is -2.27. The highest BCUT2D eigenvalue weighted by Crippen LogP contribution is 2.35. The van der Waals surface area contributed by atoms with Gasteiger partial charge in [0.1, 0.15) is 15.7 Å². The zero-order chi connectivity index (χ0) is 19.5. The fourth-order valence-electron chi connectivity index (χ4n) is 2.32. The molecular formula is C16H20Cl2F2N4O2S. The van der Waals surface area contributed by atoms with Crippen LogP contribution in [0, 0.1) is 11.6 Å². The maximum Gasteiger partial charge on any atom is 0.241 e. The summed E-state index contributed by atoms with van der Waals surface area (Å²) in [6.07, 6.45) is 0. The minimum atomic E-state index is -4.24. The molecule has 0 radical (unpaired) electrons. The Kier molecular flexibility index (Phi) is 8.24. The lowest BCUT2D eigenvalue weighted by molar-refractivity contribution is 0.568. The number of sulfonamides is 1. The summed E-state index contributed by atoms with van der Waals surface area (Å²) in [6, 6.07) is 6.39. The predicted molar refractivity (Wildman–Crippen MR) is 107 cm³/mol. The second-order valence-electron chi connectivity index (χ2n) is 5.60. The summed E-state index contributed by atoms with van der Waals surface area (Å²) < 4.78 is 50.6. The van der Waals surface area contributed by atoms with Gasteiger partial charge in [0.25, 0.3) is 0 Å². The minimum Gasteiger partial charge on any atom is -0.372 e. The molecule has 0 unspecified atom stereocenters. The largest absolute Gasteiger partial charge is 0.372 e. The molecule has 6 nitrogen and oxygen atoms in total. The molecule has 2 aromatic rings. The highest BCUT2D eigenvalue weighted by atomic mass is 35.5. The van der Waals surface area contributed by atoms with Gasteiger partial charge in [-0.05, 0) is 37.4 Å². The molecule has 0 aromatic heterocycles. The van der Waals surface area contributed by atoms with Gasteiger partial charge in [-0.15, -0.1) is 12.4 Å². The third-order valence-electron chi connectivity index (χ3n) is 3.69. The highest BCUT2D eigenvalue weighted by molar-refractivity contribution is 7.89. The maximum absolute atomic E-state index is 14.2. The van der Waals surface area contributed by atoms with Crippen LogP contribution in [-0.4, -0.2) is 35.6 Å². The van der Waals surface area contributed by atoms with E-state index in [-0.39, 0.29) is 18.1 Å². The van der Waals surface area contributed by atoms with Crippen molar-refractivity contribution in [2.24, 2.45) is 5.14 Å². The van der Waals surface area contributed by atoms with Crippen molar-refractivity contribution in [2.75, 3.05) is 37.4 Å². The van der Waals surface area contributed by atoms with Crippen LogP contribution in [-0.2, 0) is 10.0 Å². The number of benzene rings is 2. The van der Waals surface area contributed by atoms with E-state index in [1.54, 1.807) is 14.1 Å². The Morgan fingerprint density at radius 3 is 2.41 bits per heavy atom. The molecule has 0 fully saturated rings. The van der Waals surface area contributed by atoms with Crippen LogP contribution >= 0.6 is 24.0 Å². The number of primary sulfonamides is 1. The third-order valence-corrected chi connectivity index (χ3v) is 4.99. The summed E-state index contributed by atoms with van der Waals surface area (Å²) >= 11 is 5.95. The van der Waals surface area contributed by atoms with Gasteiger partial charge in [-0.25, -0.2) is 22.3 Å². The van der Waals surface area contributed by atoms with Crippen LogP contribution in [0.3, 0.4) is 0 Å². The number of anilines is 3. The first-order valence-corrected chi connectivity index (χ1v) is 9.50. The van der Waals surface area contributed by atoms with Crippen LogP contribution < -0.4 is 20.7 Å². The molecule has 11 heteroatoms. The van der Waals surface area contributed by atoms with Crippen LogP contribution in [0.1, 0.15) is 0 Å². The quantitative estimate of drug-likeness (QED) is 0.615. The van der Waals surface area contributed by atoms with E-state index in [4.69, 9.17) is 16.7 Å². The molecule has 0 atom stereocenters. The fraction of sp³-hybridized carbons (Fsp3) is 0.250. The lowest BCUT2D eigenvalue weighted by Gasteiger charge is -2.23. The van der Waals surface area contributed by atoms with E-state index in [0.29, 0.717) is 24.5 Å². The summed E-state index contributed by atoms with van der Waals surface area (Å²) in [7, 11) is -0.654. The van der Waals surface area contributed by atoms with E-state index < -0.39 is 31.6 Å². The van der Waals surface area contributed by atoms with Gasteiger partial charge in [0.05, 0.1) is 17.1 Å². The van der Waals surface area contributed by atoms with Crippen molar-refractivity contribution in [3.05, 3.63) is 47.0 Å². The number of nitrogens with one attached hydrogen (secondary N) is 2. The Hall–Kier alpha value is -1.65. The standard InChI is InChI=1S/C16H19ClF2N4O2S.ClH/c1-21-7-8-23(2)13-9-10(18)3-4-11(13)22-12-5-6-14(26(20,24)25)16(19)15(12)17;/h3-6,9,21-22H,7-8H2,1-2H3,(H2,20,24,25);1H. The smallest absolute Gasteiger partial charge is 0.241 e. The van der Waals surface area contributed by atoms with Gasteiger partial charge in [0, 0.05) is 20.1 Å². The molecule has 0 saturated carbocycles. The SMILES string of the molecule is CNCCN(C)c1cc(F)ccc1Nc1ccc(S(N)(=O)=O)c(F)c1Cl.Cl. The average Bonchev–Trinajstić information content (AvgIpc) is 2.57. The molecule has 0 saturated heterocycles. The number of likely N-dealkylation sites (N-methyl/N-ethyl adjacent to an activating group) is 2. The lowest BCUT2D eigenvalue weighted by atomic mass is 10.2. The van der Waals surface area contributed by atoms with Gasteiger partial charge < -0.3 is 15.5 Å². The second-order valence-corrected chi connectivity index (χ2v) is 7.50. The number of halogens is 4. The van der Waals surface area contributed by atoms with Crippen molar-refractivity contribution in [3.8, 4) is 0 Å². The Morgan fingerprint density at radius 2 is 1.81 bits per heavy atom. The molecule has 2 rings (SSSR count). The van der Waals surface area contributed by atoms with Gasteiger partial charge in [-0.2, -0.15) is 0 Å². The minimum absolute atomic E-state index is 0. The second kappa shape index (κ2) is 9.52. The van der Waals surface area contributed by atoms with Crippen molar-refractivity contribution >= 4 is 51.1 Å². The Bertz CT molecular complexity index is 914. The van der Waals surface area contributed by atoms with Crippen molar-refractivity contribution in [2.45, 2.75) is 4.90 Å². The summed E-state index contributed by atoms with van der Waals surface area (Å²) in [5, 5.41) is 10.4.